The lowest BCUT2D eigenvalue weighted by Gasteiger charge is -2.11. The van der Waals surface area contributed by atoms with Crippen LogP contribution >= 0.6 is 0 Å². The van der Waals surface area contributed by atoms with Crippen molar-refractivity contribution in [1.29, 1.82) is 0 Å². The van der Waals surface area contributed by atoms with E-state index in [4.69, 9.17) is 5.73 Å². The molecule has 104 valence electrons. The van der Waals surface area contributed by atoms with Gasteiger partial charge < -0.3 is 11.1 Å². The molecule has 0 aliphatic rings. The Hall–Kier alpha value is -2.36. The number of para-hydroxylation sites is 1. The van der Waals surface area contributed by atoms with E-state index in [0.29, 0.717) is 11.5 Å². The molecule has 2 aromatic rings. The minimum Gasteiger partial charge on any atom is -0.370 e. The average Bonchev–Trinajstić information content (AvgIpc) is 2.42. The van der Waals surface area contributed by atoms with Crippen molar-refractivity contribution in [3.8, 4) is 0 Å². The van der Waals surface area contributed by atoms with Gasteiger partial charge >= 0.3 is 0 Å². The standard InChI is InChI=1S/C16H18FN3/c1-11-8-9-13(10-15(11)17)12(2)19-16(18)20-14-6-4-3-5-7-14/h3-10,12H,1-2H3,(H3,18,19,20). The number of guanidine groups is 1. The number of hydrogen-bond acceptors (Lipinski definition) is 1. The zero-order chi connectivity index (χ0) is 14.5. The van der Waals surface area contributed by atoms with Crippen molar-refractivity contribution in [3.63, 3.8) is 0 Å². The lowest BCUT2D eigenvalue weighted by atomic mass is 10.1. The number of aryl methyl sites for hydroxylation is 1. The van der Waals surface area contributed by atoms with Gasteiger partial charge in [0.15, 0.2) is 5.96 Å². The Bertz CT molecular complexity index is 608. The lowest BCUT2D eigenvalue weighted by molar-refractivity contribution is 0.613. The predicted octanol–water partition coefficient (Wildman–Crippen LogP) is 3.62. The third-order valence-electron chi connectivity index (χ3n) is 3.06. The summed E-state index contributed by atoms with van der Waals surface area (Å²) in [6.07, 6.45) is 0. The molecule has 0 aliphatic heterocycles. The van der Waals surface area contributed by atoms with Gasteiger partial charge in [0, 0.05) is 5.69 Å². The Morgan fingerprint density at radius 3 is 2.55 bits per heavy atom. The smallest absolute Gasteiger partial charge is 0.193 e. The molecule has 0 aromatic heterocycles. The minimum atomic E-state index is -0.223. The Morgan fingerprint density at radius 1 is 1.20 bits per heavy atom. The third-order valence-corrected chi connectivity index (χ3v) is 3.06. The number of aliphatic imine (C=N–C) groups is 1. The maximum absolute atomic E-state index is 13.5. The lowest BCUT2D eigenvalue weighted by Crippen LogP contribution is -2.23. The van der Waals surface area contributed by atoms with Gasteiger partial charge in [-0.15, -0.1) is 0 Å². The molecular formula is C16H18FN3. The van der Waals surface area contributed by atoms with Gasteiger partial charge in [0.2, 0.25) is 0 Å². The molecule has 0 aliphatic carbocycles. The normalized spacial score (nSPS) is 13.1. The highest BCUT2D eigenvalue weighted by molar-refractivity contribution is 5.92. The van der Waals surface area contributed by atoms with E-state index >= 15 is 0 Å². The number of rotatable bonds is 3. The summed E-state index contributed by atoms with van der Waals surface area (Å²) in [7, 11) is 0. The van der Waals surface area contributed by atoms with E-state index in [1.165, 1.54) is 6.07 Å². The quantitative estimate of drug-likeness (QED) is 0.661. The highest BCUT2D eigenvalue weighted by Gasteiger charge is 2.07. The molecule has 0 saturated heterocycles. The van der Waals surface area contributed by atoms with Crippen LogP contribution in [0.2, 0.25) is 0 Å². The molecule has 0 bridgehead atoms. The summed E-state index contributed by atoms with van der Waals surface area (Å²) in [5.41, 5.74) is 8.15. The number of anilines is 1. The molecule has 1 unspecified atom stereocenters. The van der Waals surface area contributed by atoms with Crippen LogP contribution in [0, 0.1) is 12.7 Å². The largest absolute Gasteiger partial charge is 0.370 e. The van der Waals surface area contributed by atoms with E-state index in [1.807, 2.05) is 43.3 Å². The number of nitrogens with zero attached hydrogens (tertiary/aromatic N) is 1. The molecule has 0 radical (unpaired) electrons. The number of hydrogen-bond donors (Lipinski definition) is 2. The van der Waals surface area contributed by atoms with Crippen LogP contribution in [0.1, 0.15) is 24.1 Å². The summed E-state index contributed by atoms with van der Waals surface area (Å²) in [5, 5.41) is 3.00. The van der Waals surface area contributed by atoms with Crippen LogP contribution in [0.5, 0.6) is 0 Å². The maximum Gasteiger partial charge on any atom is 0.193 e. The Kier molecular flexibility index (Phi) is 4.35. The molecule has 2 aromatic carbocycles. The average molecular weight is 271 g/mol. The maximum atomic E-state index is 13.5. The van der Waals surface area contributed by atoms with Crippen LogP contribution < -0.4 is 11.1 Å². The third kappa shape index (κ3) is 3.57. The summed E-state index contributed by atoms with van der Waals surface area (Å²) in [5.74, 6) is 0.0869. The van der Waals surface area contributed by atoms with Gasteiger partial charge in [-0.2, -0.15) is 0 Å². The topological polar surface area (TPSA) is 50.4 Å². The molecule has 20 heavy (non-hydrogen) atoms. The number of benzene rings is 2. The van der Waals surface area contributed by atoms with Crippen molar-refractivity contribution in [2.24, 2.45) is 10.7 Å². The molecule has 3 nitrogen and oxygen atoms in total. The molecule has 0 spiro atoms. The summed E-state index contributed by atoms with van der Waals surface area (Å²) in [4.78, 5) is 4.33. The van der Waals surface area contributed by atoms with E-state index in [-0.39, 0.29) is 11.9 Å². The first-order valence-corrected chi connectivity index (χ1v) is 6.47. The van der Waals surface area contributed by atoms with E-state index in [2.05, 4.69) is 10.3 Å². The van der Waals surface area contributed by atoms with E-state index in [1.54, 1.807) is 13.0 Å². The zero-order valence-electron chi connectivity index (χ0n) is 11.6. The van der Waals surface area contributed by atoms with Crippen LogP contribution in [-0.2, 0) is 0 Å². The fourth-order valence-corrected chi connectivity index (χ4v) is 1.85. The van der Waals surface area contributed by atoms with Crippen LogP contribution in [0.4, 0.5) is 10.1 Å². The number of nitrogens with two attached hydrogens (primary N) is 1. The van der Waals surface area contributed by atoms with Gasteiger partial charge in [-0.25, -0.2) is 9.38 Å². The summed E-state index contributed by atoms with van der Waals surface area (Å²) in [6, 6.07) is 14.5. The molecule has 0 amide bonds. The van der Waals surface area contributed by atoms with Crippen molar-refractivity contribution in [3.05, 3.63) is 65.5 Å². The monoisotopic (exact) mass is 271 g/mol. The van der Waals surface area contributed by atoms with Crippen molar-refractivity contribution >= 4 is 11.6 Å². The van der Waals surface area contributed by atoms with Crippen LogP contribution in [0.15, 0.2) is 53.5 Å². The van der Waals surface area contributed by atoms with Crippen LogP contribution in [0.3, 0.4) is 0 Å². The molecule has 0 saturated carbocycles. The molecule has 0 heterocycles. The fourth-order valence-electron chi connectivity index (χ4n) is 1.85. The summed E-state index contributed by atoms with van der Waals surface area (Å²) in [6.45, 7) is 3.61. The highest BCUT2D eigenvalue weighted by atomic mass is 19.1. The second-order valence-electron chi connectivity index (χ2n) is 4.69. The van der Waals surface area contributed by atoms with Gasteiger partial charge in [0.05, 0.1) is 6.04 Å². The van der Waals surface area contributed by atoms with Crippen LogP contribution in [-0.4, -0.2) is 5.96 Å². The van der Waals surface area contributed by atoms with E-state index < -0.39 is 0 Å². The first kappa shape index (κ1) is 14.1. The first-order valence-electron chi connectivity index (χ1n) is 6.47. The van der Waals surface area contributed by atoms with E-state index in [0.717, 1.165) is 11.3 Å². The van der Waals surface area contributed by atoms with Crippen molar-refractivity contribution in [2.75, 3.05) is 5.32 Å². The van der Waals surface area contributed by atoms with Crippen molar-refractivity contribution in [1.82, 2.24) is 0 Å². The number of nitrogens with one attached hydrogen (secondary N) is 1. The second kappa shape index (κ2) is 6.19. The molecular weight excluding hydrogens is 253 g/mol. The minimum absolute atomic E-state index is 0.207. The van der Waals surface area contributed by atoms with Crippen molar-refractivity contribution in [2.45, 2.75) is 19.9 Å². The van der Waals surface area contributed by atoms with Gasteiger partial charge in [-0.1, -0.05) is 30.3 Å². The molecule has 2 rings (SSSR count). The first-order chi connectivity index (χ1) is 9.56. The number of halogens is 1. The summed E-state index contributed by atoms with van der Waals surface area (Å²) < 4.78 is 13.5. The van der Waals surface area contributed by atoms with Gasteiger partial charge in [0.25, 0.3) is 0 Å². The Labute approximate surface area is 118 Å². The molecule has 1 atom stereocenters. The molecule has 3 N–H and O–H groups in total. The highest BCUT2D eigenvalue weighted by Crippen LogP contribution is 2.19. The van der Waals surface area contributed by atoms with E-state index in [9.17, 15) is 4.39 Å². The van der Waals surface area contributed by atoms with Crippen molar-refractivity contribution < 1.29 is 4.39 Å². The van der Waals surface area contributed by atoms with Gasteiger partial charge in [-0.3, -0.25) is 0 Å². The Balaban J connectivity index is 2.10. The fraction of sp³-hybridized carbons (Fsp3) is 0.188. The van der Waals surface area contributed by atoms with Gasteiger partial charge in [0.1, 0.15) is 5.82 Å². The Morgan fingerprint density at radius 2 is 1.90 bits per heavy atom. The molecule has 0 fully saturated rings. The summed E-state index contributed by atoms with van der Waals surface area (Å²) >= 11 is 0. The van der Waals surface area contributed by atoms with Gasteiger partial charge in [-0.05, 0) is 43.2 Å². The zero-order valence-corrected chi connectivity index (χ0v) is 11.6. The molecule has 4 heteroatoms. The SMILES string of the molecule is Cc1ccc(C(C)N=C(N)Nc2ccccc2)cc1F. The second-order valence-corrected chi connectivity index (χ2v) is 4.69. The predicted molar refractivity (Wildman–Crippen MR) is 81.2 cm³/mol. The van der Waals surface area contributed by atoms with Crippen LogP contribution in [0.25, 0.3) is 0 Å².